The molecule has 0 saturated heterocycles. The fourth-order valence-electron chi connectivity index (χ4n) is 2.91. The molecular formula is C22H17ClN2O2. The second-order valence-electron chi connectivity index (χ2n) is 6.50. The van der Waals surface area contributed by atoms with Crippen molar-refractivity contribution < 1.29 is 9.32 Å². The zero-order chi connectivity index (χ0) is 19.0. The Bertz CT molecular complexity index is 1150. The maximum atomic E-state index is 12.7. The van der Waals surface area contributed by atoms with Crippen LogP contribution in [0.15, 0.2) is 65.2 Å². The first kappa shape index (κ1) is 17.3. The quantitative estimate of drug-likeness (QED) is 0.475. The van der Waals surface area contributed by atoms with E-state index in [-0.39, 0.29) is 5.91 Å². The van der Waals surface area contributed by atoms with Gasteiger partial charge in [-0.15, -0.1) is 0 Å². The second-order valence-corrected chi connectivity index (χ2v) is 6.94. The molecule has 0 unspecified atom stereocenters. The summed E-state index contributed by atoms with van der Waals surface area (Å²) in [5, 5.41) is 8.46. The van der Waals surface area contributed by atoms with Gasteiger partial charge in [-0.25, -0.2) is 0 Å². The zero-order valence-electron chi connectivity index (χ0n) is 14.9. The number of aromatic nitrogens is 1. The van der Waals surface area contributed by atoms with Crippen LogP contribution in [-0.2, 0) is 0 Å². The third-order valence-electron chi connectivity index (χ3n) is 4.61. The summed E-state index contributed by atoms with van der Waals surface area (Å²) in [5.41, 5.74) is 5.18. The molecule has 0 aliphatic carbocycles. The smallest absolute Gasteiger partial charge is 0.255 e. The van der Waals surface area contributed by atoms with Crippen LogP contribution in [-0.4, -0.2) is 11.1 Å². The topological polar surface area (TPSA) is 55.1 Å². The van der Waals surface area contributed by atoms with E-state index in [0.29, 0.717) is 21.9 Å². The normalized spacial score (nSPS) is 10.9. The molecule has 4 rings (SSSR count). The Hall–Kier alpha value is -3.11. The van der Waals surface area contributed by atoms with Crippen LogP contribution in [0.3, 0.4) is 0 Å². The van der Waals surface area contributed by atoms with Crippen LogP contribution in [0, 0.1) is 13.8 Å². The van der Waals surface area contributed by atoms with E-state index in [0.717, 1.165) is 22.2 Å². The number of hydrogen-bond acceptors (Lipinski definition) is 3. The molecule has 3 aromatic carbocycles. The average Bonchev–Trinajstić information content (AvgIpc) is 3.08. The van der Waals surface area contributed by atoms with Gasteiger partial charge in [-0.05, 0) is 79.6 Å². The number of hydrogen-bond donors (Lipinski definition) is 1. The highest BCUT2D eigenvalue weighted by atomic mass is 35.5. The molecule has 27 heavy (non-hydrogen) atoms. The molecule has 0 saturated carbocycles. The molecule has 1 N–H and O–H groups in total. The van der Waals surface area contributed by atoms with Crippen molar-refractivity contribution in [2.24, 2.45) is 0 Å². The third kappa shape index (κ3) is 3.44. The molecule has 4 aromatic rings. The molecule has 1 heterocycles. The number of nitrogens with zero attached hydrogens (tertiary/aromatic N) is 1. The van der Waals surface area contributed by atoms with Crippen molar-refractivity contribution in [3.05, 3.63) is 82.4 Å². The van der Waals surface area contributed by atoms with Crippen LogP contribution >= 0.6 is 11.6 Å². The number of rotatable bonds is 3. The van der Waals surface area contributed by atoms with Gasteiger partial charge in [0.25, 0.3) is 5.91 Å². The first-order valence-corrected chi connectivity index (χ1v) is 8.93. The highest BCUT2D eigenvalue weighted by Gasteiger charge is 2.14. The van der Waals surface area contributed by atoms with Crippen LogP contribution in [0.1, 0.15) is 21.5 Å². The number of amides is 1. The number of fused-ring (bicyclic) bond motifs is 1. The van der Waals surface area contributed by atoms with Gasteiger partial charge in [-0.1, -0.05) is 22.8 Å². The van der Waals surface area contributed by atoms with Gasteiger partial charge in [0.1, 0.15) is 5.52 Å². The fraction of sp³-hybridized carbons (Fsp3) is 0.0909. The van der Waals surface area contributed by atoms with Crippen molar-refractivity contribution in [1.82, 2.24) is 5.16 Å². The van der Waals surface area contributed by atoms with Crippen molar-refractivity contribution in [2.75, 3.05) is 5.32 Å². The van der Waals surface area contributed by atoms with Gasteiger partial charge < -0.3 is 9.84 Å². The SMILES string of the molecule is Cc1ccc(NC(=O)c2ccc3noc(-c4ccc(Cl)cc4)c3c2)cc1C. The summed E-state index contributed by atoms with van der Waals surface area (Å²) in [6.45, 7) is 4.06. The molecule has 1 amide bonds. The number of nitrogens with one attached hydrogen (secondary N) is 1. The van der Waals surface area contributed by atoms with Crippen LogP contribution in [0.4, 0.5) is 5.69 Å². The lowest BCUT2D eigenvalue weighted by Gasteiger charge is -2.08. The van der Waals surface area contributed by atoms with Crippen molar-refractivity contribution >= 4 is 34.1 Å². The molecule has 134 valence electrons. The molecule has 4 nitrogen and oxygen atoms in total. The molecule has 5 heteroatoms. The molecule has 0 aliphatic rings. The van der Waals surface area contributed by atoms with Gasteiger partial charge in [-0.2, -0.15) is 0 Å². The van der Waals surface area contributed by atoms with Gasteiger partial charge in [0, 0.05) is 21.8 Å². The molecule has 0 aliphatic heterocycles. The number of anilines is 1. The lowest BCUT2D eigenvalue weighted by atomic mass is 10.1. The monoisotopic (exact) mass is 376 g/mol. The summed E-state index contributed by atoms with van der Waals surface area (Å²) in [6, 6.07) is 18.5. The van der Waals surface area contributed by atoms with Crippen molar-refractivity contribution in [1.29, 1.82) is 0 Å². The predicted octanol–water partition coefficient (Wildman–Crippen LogP) is 6.02. The first-order valence-electron chi connectivity index (χ1n) is 8.55. The van der Waals surface area contributed by atoms with E-state index in [2.05, 4.69) is 10.5 Å². The van der Waals surface area contributed by atoms with Crippen molar-refractivity contribution in [2.45, 2.75) is 13.8 Å². The largest absolute Gasteiger partial charge is 0.355 e. The number of aryl methyl sites for hydroxylation is 2. The molecule has 0 bridgehead atoms. The Kier molecular flexibility index (Phi) is 4.42. The van der Waals surface area contributed by atoms with E-state index < -0.39 is 0 Å². The third-order valence-corrected chi connectivity index (χ3v) is 4.86. The Morgan fingerprint density at radius 3 is 2.48 bits per heavy atom. The van der Waals surface area contributed by atoms with Gasteiger partial charge >= 0.3 is 0 Å². The van der Waals surface area contributed by atoms with Crippen LogP contribution in [0.25, 0.3) is 22.2 Å². The van der Waals surface area contributed by atoms with Gasteiger partial charge in [0.15, 0.2) is 5.76 Å². The standard InChI is InChI=1S/C22H17ClN2O2/c1-13-3-9-18(11-14(13)2)24-22(26)16-6-10-20-19(12-16)21(27-25-20)15-4-7-17(23)8-5-15/h3-12H,1-2H3,(H,24,26). The summed E-state index contributed by atoms with van der Waals surface area (Å²) >= 11 is 5.96. The summed E-state index contributed by atoms with van der Waals surface area (Å²) in [7, 11) is 0. The molecule has 0 atom stereocenters. The minimum Gasteiger partial charge on any atom is -0.355 e. The Labute approximate surface area is 161 Å². The van der Waals surface area contributed by atoms with E-state index in [1.807, 2.05) is 44.2 Å². The molecule has 0 radical (unpaired) electrons. The fourth-order valence-corrected chi connectivity index (χ4v) is 3.04. The van der Waals surface area contributed by atoms with Gasteiger partial charge in [0.05, 0.1) is 5.39 Å². The van der Waals surface area contributed by atoms with Crippen molar-refractivity contribution in [3.63, 3.8) is 0 Å². The van der Waals surface area contributed by atoms with E-state index in [1.54, 1.807) is 30.3 Å². The van der Waals surface area contributed by atoms with Crippen LogP contribution in [0.2, 0.25) is 5.02 Å². The van der Waals surface area contributed by atoms with Gasteiger partial charge in [-0.3, -0.25) is 4.79 Å². The Morgan fingerprint density at radius 2 is 1.74 bits per heavy atom. The van der Waals surface area contributed by atoms with Gasteiger partial charge in [0.2, 0.25) is 0 Å². The summed E-state index contributed by atoms with van der Waals surface area (Å²) in [5.74, 6) is 0.436. The molecular weight excluding hydrogens is 360 g/mol. The lowest BCUT2D eigenvalue weighted by Crippen LogP contribution is -2.11. The highest BCUT2D eigenvalue weighted by Crippen LogP contribution is 2.30. The Balaban J connectivity index is 1.68. The number of carbonyl (C=O) groups excluding carboxylic acids is 1. The minimum absolute atomic E-state index is 0.177. The Morgan fingerprint density at radius 1 is 0.963 bits per heavy atom. The first-order chi connectivity index (χ1) is 13.0. The summed E-state index contributed by atoms with van der Waals surface area (Å²) < 4.78 is 5.50. The van der Waals surface area contributed by atoms with Crippen LogP contribution < -0.4 is 5.32 Å². The lowest BCUT2D eigenvalue weighted by molar-refractivity contribution is 0.102. The highest BCUT2D eigenvalue weighted by molar-refractivity contribution is 6.30. The van der Waals surface area contributed by atoms with Crippen molar-refractivity contribution in [3.8, 4) is 11.3 Å². The zero-order valence-corrected chi connectivity index (χ0v) is 15.7. The van der Waals surface area contributed by atoms with E-state index >= 15 is 0 Å². The maximum Gasteiger partial charge on any atom is 0.255 e. The number of benzene rings is 3. The molecule has 0 fully saturated rings. The average molecular weight is 377 g/mol. The van der Waals surface area contributed by atoms with E-state index in [9.17, 15) is 4.79 Å². The summed E-state index contributed by atoms with van der Waals surface area (Å²) in [6.07, 6.45) is 0. The predicted molar refractivity (Wildman–Crippen MR) is 108 cm³/mol. The summed E-state index contributed by atoms with van der Waals surface area (Å²) in [4.78, 5) is 12.7. The maximum absolute atomic E-state index is 12.7. The number of halogens is 1. The van der Waals surface area contributed by atoms with E-state index in [1.165, 1.54) is 5.56 Å². The van der Waals surface area contributed by atoms with Crippen LogP contribution in [0.5, 0.6) is 0 Å². The molecule has 0 spiro atoms. The second kappa shape index (κ2) is 6.89. The molecule has 1 aromatic heterocycles. The minimum atomic E-state index is -0.177. The van der Waals surface area contributed by atoms with E-state index in [4.69, 9.17) is 16.1 Å². The number of carbonyl (C=O) groups is 1.